The molecule has 3 N–H and O–H groups in total. The van der Waals surface area contributed by atoms with E-state index in [0.29, 0.717) is 25.1 Å². The SMILES string of the molecule is CCC1COC(C)CN1S(=O)(=O)c1[nH]ncc1CN. The van der Waals surface area contributed by atoms with E-state index in [4.69, 9.17) is 10.5 Å². The topological polar surface area (TPSA) is 101 Å². The molecule has 19 heavy (non-hydrogen) atoms. The normalized spacial score (nSPS) is 25.6. The van der Waals surface area contributed by atoms with Gasteiger partial charge in [0, 0.05) is 24.7 Å². The third-order valence-electron chi connectivity index (χ3n) is 3.35. The third kappa shape index (κ3) is 2.66. The first-order chi connectivity index (χ1) is 9.00. The summed E-state index contributed by atoms with van der Waals surface area (Å²) in [5.74, 6) is 0. The summed E-state index contributed by atoms with van der Waals surface area (Å²) in [4.78, 5) is 0. The summed E-state index contributed by atoms with van der Waals surface area (Å²) in [6, 6.07) is -0.143. The minimum Gasteiger partial charge on any atom is -0.375 e. The van der Waals surface area contributed by atoms with Crippen LogP contribution in [0.5, 0.6) is 0 Å². The lowest BCUT2D eigenvalue weighted by Gasteiger charge is -2.36. The zero-order valence-electron chi connectivity index (χ0n) is 11.2. The highest BCUT2D eigenvalue weighted by molar-refractivity contribution is 7.89. The van der Waals surface area contributed by atoms with Crippen molar-refractivity contribution in [2.75, 3.05) is 13.2 Å². The van der Waals surface area contributed by atoms with Crippen LogP contribution in [0.1, 0.15) is 25.8 Å². The molecule has 1 aliphatic rings. The number of hydrogen-bond acceptors (Lipinski definition) is 5. The van der Waals surface area contributed by atoms with Crippen molar-refractivity contribution in [2.45, 2.75) is 44.0 Å². The van der Waals surface area contributed by atoms with Crippen LogP contribution < -0.4 is 5.73 Å². The van der Waals surface area contributed by atoms with Crippen molar-refractivity contribution in [3.8, 4) is 0 Å². The van der Waals surface area contributed by atoms with E-state index in [-0.39, 0.29) is 23.7 Å². The van der Waals surface area contributed by atoms with Gasteiger partial charge in [0.1, 0.15) is 0 Å². The first-order valence-corrected chi connectivity index (χ1v) is 7.80. The molecular weight excluding hydrogens is 268 g/mol. The van der Waals surface area contributed by atoms with Crippen molar-refractivity contribution in [2.24, 2.45) is 5.73 Å². The van der Waals surface area contributed by atoms with Crippen LogP contribution in [0, 0.1) is 0 Å². The first-order valence-electron chi connectivity index (χ1n) is 6.36. The van der Waals surface area contributed by atoms with Gasteiger partial charge < -0.3 is 10.5 Å². The predicted octanol–water partition coefficient (Wildman–Crippen LogP) is 0.0564. The van der Waals surface area contributed by atoms with E-state index in [0.717, 1.165) is 0 Å². The molecule has 0 saturated carbocycles. The Balaban J connectivity index is 2.37. The Morgan fingerprint density at radius 2 is 2.37 bits per heavy atom. The molecule has 1 aromatic rings. The van der Waals surface area contributed by atoms with Crippen LogP contribution in [-0.4, -0.2) is 48.2 Å². The average molecular weight is 288 g/mol. The fourth-order valence-corrected chi connectivity index (χ4v) is 4.09. The summed E-state index contributed by atoms with van der Waals surface area (Å²) in [5.41, 5.74) is 6.06. The van der Waals surface area contributed by atoms with Crippen LogP contribution in [0.3, 0.4) is 0 Å². The Morgan fingerprint density at radius 3 is 3.00 bits per heavy atom. The van der Waals surface area contributed by atoms with Gasteiger partial charge >= 0.3 is 0 Å². The number of hydrogen-bond donors (Lipinski definition) is 2. The lowest BCUT2D eigenvalue weighted by atomic mass is 10.2. The molecule has 1 saturated heterocycles. The molecule has 1 aromatic heterocycles. The highest BCUT2D eigenvalue weighted by Gasteiger charge is 2.37. The van der Waals surface area contributed by atoms with E-state index < -0.39 is 10.0 Å². The average Bonchev–Trinajstić information content (AvgIpc) is 2.87. The van der Waals surface area contributed by atoms with E-state index in [2.05, 4.69) is 10.2 Å². The van der Waals surface area contributed by atoms with E-state index in [9.17, 15) is 8.42 Å². The van der Waals surface area contributed by atoms with Crippen LogP contribution in [-0.2, 0) is 21.3 Å². The minimum atomic E-state index is -3.60. The Morgan fingerprint density at radius 1 is 1.63 bits per heavy atom. The van der Waals surface area contributed by atoms with E-state index in [1.807, 2.05) is 13.8 Å². The molecule has 0 amide bonds. The van der Waals surface area contributed by atoms with Crippen LogP contribution >= 0.6 is 0 Å². The predicted molar refractivity (Wildman–Crippen MR) is 69.9 cm³/mol. The second-order valence-corrected chi connectivity index (χ2v) is 6.54. The molecule has 1 aliphatic heterocycles. The standard InChI is InChI=1S/C11H20N4O3S/c1-3-10-7-18-8(2)6-15(10)19(16,17)11-9(4-12)5-13-14-11/h5,8,10H,3-4,6-7,12H2,1-2H3,(H,13,14). The lowest BCUT2D eigenvalue weighted by molar-refractivity contribution is -0.0231. The smallest absolute Gasteiger partial charge is 0.260 e. The van der Waals surface area contributed by atoms with Gasteiger partial charge in [0.25, 0.3) is 10.0 Å². The summed E-state index contributed by atoms with van der Waals surface area (Å²) in [5, 5.41) is 6.43. The zero-order valence-corrected chi connectivity index (χ0v) is 12.0. The first kappa shape index (κ1) is 14.4. The molecule has 0 radical (unpaired) electrons. The summed E-state index contributed by atoms with van der Waals surface area (Å²) in [6.45, 7) is 4.73. The number of H-pyrrole nitrogens is 1. The molecule has 1 fully saturated rings. The van der Waals surface area contributed by atoms with Crippen LogP contribution in [0.25, 0.3) is 0 Å². The Kier molecular flexibility index (Phi) is 4.24. The molecular formula is C11H20N4O3S. The molecule has 0 aromatic carbocycles. The fraction of sp³-hybridized carbons (Fsp3) is 0.727. The van der Waals surface area contributed by atoms with E-state index in [1.165, 1.54) is 10.5 Å². The maximum absolute atomic E-state index is 12.7. The number of morpholine rings is 1. The Hall–Kier alpha value is -0.960. The highest BCUT2D eigenvalue weighted by atomic mass is 32.2. The maximum Gasteiger partial charge on any atom is 0.260 e. The van der Waals surface area contributed by atoms with E-state index >= 15 is 0 Å². The number of ether oxygens (including phenoxy) is 1. The van der Waals surface area contributed by atoms with Gasteiger partial charge in [0.2, 0.25) is 0 Å². The second kappa shape index (κ2) is 5.58. The molecule has 2 rings (SSSR count). The van der Waals surface area contributed by atoms with Gasteiger partial charge in [-0.15, -0.1) is 0 Å². The number of aromatic amines is 1. The van der Waals surface area contributed by atoms with Gasteiger partial charge in [-0.3, -0.25) is 5.10 Å². The van der Waals surface area contributed by atoms with Crippen LogP contribution in [0.15, 0.2) is 11.2 Å². The van der Waals surface area contributed by atoms with Crippen molar-refractivity contribution in [3.05, 3.63) is 11.8 Å². The minimum absolute atomic E-state index is 0.0996. The van der Waals surface area contributed by atoms with Gasteiger partial charge in [0.05, 0.1) is 18.9 Å². The summed E-state index contributed by atoms with van der Waals surface area (Å²) >= 11 is 0. The summed E-state index contributed by atoms with van der Waals surface area (Å²) in [6.07, 6.45) is 2.05. The van der Waals surface area contributed by atoms with Gasteiger partial charge in [-0.1, -0.05) is 6.92 Å². The largest absolute Gasteiger partial charge is 0.375 e. The van der Waals surface area contributed by atoms with Gasteiger partial charge in [0.15, 0.2) is 5.03 Å². The fourth-order valence-electron chi connectivity index (χ4n) is 2.21. The highest BCUT2D eigenvalue weighted by Crippen LogP contribution is 2.24. The van der Waals surface area contributed by atoms with Crippen molar-refractivity contribution in [1.82, 2.24) is 14.5 Å². The van der Waals surface area contributed by atoms with Crippen molar-refractivity contribution in [1.29, 1.82) is 0 Å². The monoisotopic (exact) mass is 288 g/mol. The second-order valence-electron chi connectivity index (χ2n) is 4.71. The number of sulfonamides is 1. The molecule has 2 atom stereocenters. The van der Waals surface area contributed by atoms with Gasteiger partial charge in [-0.2, -0.15) is 9.40 Å². The number of nitrogens with one attached hydrogen (secondary N) is 1. The van der Waals surface area contributed by atoms with E-state index in [1.54, 1.807) is 0 Å². The zero-order chi connectivity index (χ0) is 14.0. The molecule has 0 spiro atoms. The molecule has 108 valence electrons. The third-order valence-corrected chi connectivity index (χ3v) is 5.29. The molecule has 8 heteroatoms. The molecule has 7 nitrogen and oxygen atoms in total. The maximum atomic E-state index is 12.7. The number of nitrogens with two attached hydrogens (primary N) is 1. The summed E-state index contributed by atoms with van der Waals surface area (Å²) < 4.78 is 32.4. The summed E-state index contributed by atoms with van der Waals surface area (Å²) in [7, 11) is -3.60. The lowest BCUT2D eigenvalue weighted by Crippen LogP contribution is -2.51. The van der Waals surface area contributed by atoms with Crippen molar-refractivity contribution >= 4 is 10.0 Å². The quantitative estimate of drug-likeness (QED) is 0.815. The number of aromatic nitrogens is 2. The van der Waals surface area contributed by atoms with Crippen LogP contribution in [0.4, 0.5) is 0 Å². The number of nitrogens with zero attached hydrogens (tertiary/aromatic N) is 2. The molecule has 2 unspecified atom stereocenters. The van der Waals surface area contributed by atoms with Crippen LogP contribution in [0.2, 0.25) is 0 Å². The Labute approximate surface area is 113 Å². The van der Waals surface area contributed by atoms with Crippen molar-refractivity contribution < 1.29 is 13.2 Å². The van der Waals surface area contributed by atoms with Gasteiger partial charge in [-0.05, 0) is 13.3 Å². The molecule has 0 aliphatic carbocycles. The molecule has 0 bridgehead atoms. The van der Waals surface area contributed by atoms with Crippen molar-refractivity contribution in [3.63, 3.8) is 0 Å². The van der Waals surface area contributed by atoms with Gasteiger partial charge in [-0.25, -0.2) is 8.42 Å². The molecule has 2 heterocycles. The number of rotatable bonds is 4. The Bertz CT molecular complexity index is 528.